The molecule has 1 aliphatic carbocycles. The Morgan fingerprint density at radius 2 is 2.00 bits per heavy atom. The lowest BCUT2D eigenvalue weighted by Crippen LogP contribution is -2.54. The van der Waals surface area contributed by atoms with Crippen LogP contribution in [-0.4, -0.2) is 48.1 Å². The molecule has 0 unspecified atom stereocenters. The molecule has 0 aromatic carbocycles. The molecule has 2 aliphatic rings. The number of hydrogen-bond acceptors (Lipinski definition) is 4. The highest BCUT2D eigenvalue weighted by molar-refractivity contribution is 5.80. The molecule has 20 heavy (non-hydrogen) atoms. The molecular formula is C15H26N2O3. The first-order valence-electron chi connectivity index (χ1n) is 7.72. The van der Waals surface area contributed by atoms with Crippen LogP contribution < -0.4 is 5.32 Å². The van der Waals surface area contributed by atoms with Crippen molar-refractivity contribution in [2.45, 2.75) is 58.7 Å². The molecule has 0 radical (unpaired) electrons. The van der Waals surface area contributed by atoms with Crippen molar-refractivity contribution in [1.29, 1.82) is 0 Å². The van der Waals surface area contributed by atoms with Gasteiger partial charge < -0.3 is 15.0 Å². The summed E-state index contributed by atoms with van der Waals surface area (Å²) in [6.45, 7) is 8.81. The summed E-state index contributed by atoms with van der Waals surface area (Å²) >= 11 is 0. The molecule has 1 N–H and O–H groups in total. The van der Waals surface area contributed by atoms with Gasteiger partial charge in [-0.15, -0.1) is 0 Å². The fourth-order valence-electron chi connectivity index (χ4n) is 3.64. The Bertz CT molecular complexity index is 383. The smallest absolute Gasteiger partial charge is 0.323 e. The van der Waals surface area contributed by atoms with E-state index in [-0.39, 0.29) is 35.8 Å². The summed E-state index contributed by atoms with van der Waals surface area (Å²) < 4.78 is 5.14. The summed E-state index contributed by atoms with van der Waals surface area (Å²) in [5.41, 5.74) is 0. The zero-order valence-electron chi connectivity index (χ0n) is 12.9. The van der Waals surface area contributed by atoms with E-state index in [9.17, 15) is 9.59 Å². The van der Waals surface area contributed by atoms with Gasteiger partial charge in [-0.2, -0.15) is 0 Å². The summed E-state index contributed by atoms with van der Waals surface area (Å²) in [6, 6.07) is 0.275. The van der Waals surface area contributed by atoms with Gasteiger partial charge in [0.15, 0.2) is 0 Å². The van der Waals surface area contributed by atoms with Gasteiger partial charge in [0.1, 0.15) is 6.04 Å². The number of carbonyl (C=O) groups is 2. The number of ether oxygens (including phenoxy) is 1. The van der Waals surface area contributed by atoms with Crippen molar-refractivity contribution in [2.75, 3.05) is 13.2 Å². The fourth-order valence-corrected chi connectivity index (χ4v) is 3.64. The van der Waals surface area contributed by atoms with Gasteiger partial charge in [0.25, 0.3) is 0 Å². The highest BCUT2D eigenvalue weighted by Crippen LogP contribution is 2.39. The molecule has 5 nitrogen and oxygen atoms in total. The minimum absolute atomic E-state index is 0.00285. The topological polar surface area (TPSA) is 58.6 Å². The molecule has 0 aromatic heterocycles. The fraction of sp³-hybridized carbons (Fsp3) is 0.867. The molecule has 1 heterocycles. The van der Waals surface area contributed by atoms with Crippen LogP contribution in [0.15, 0.2) is 0 Å². The summed E-state index contributed by atoms with van der Waals surface area (Å²) in [7, 11) is 0. The molecule has 5 heteroatoms. The van der Waals surface area contributed by atoms with Crippen LogP contribution in [0.4, 0.5) is 0 Å². The van der Waals surface area contributed by atoms with E-state index < -0.39 is 0 Å². The summed E-state index contributed by atoms with van der Waals surface area (Å²) in [5, 5.41) is 3.34. The van der Waals surface area contributed by atoms with E-state index in [4.69, 9.17) is 4.74 Å². The third-order valence-electron chi connectivity index (χ3n) is 4.48. The number of hydrogen-bond donors (Lipinski definition) is 1. The van der Waals surface area contributed by atoms with Gasteiger partial charge in [-0.3, -0.25) is 9.59 Å². The molecular weight excluding hydrogens is 256 g/mol. The molecule has 4 atom stereocenters. The average molecular weight is 282 g/mol. The van der Waals surface area contributed by atoms with Crippen molar-refractivity contribution in [3.63, 3.8) is 0 Å². The van der Waals surface area contributed by atoms with Crippen LogP contribution in [-0.2, 0) is 14.3 Å². The number of rotatable bonds is 5. The van der Waals surface area contributed by atoms with Crippen LogP contribution in [0.25, 0.3) is 0 Å². The van der Waals surface area contributed by atoms with Gasteiger partial charge in [-0.1, -0.05) is 13.8 Å². The summed E-state index contributed by atoms with van der Waals surface area (Å²) in [5.74, 6) is 0.218. The Kier molecular flexibility index (Phi) is 4.68. The number of esters is 1. The van der Waals surface area contributed by atoms with E-state index >= 15 is 0 Å². The van der Waals surface area contributed by atoms with Gasteiger partial charge in [0.05, 0.1) is 6.61 Å². The van der Waals surface area contributed by atoms with Gasteiger partial charge in [-0.25, -0.2) is 0 Å². The largest absolute Gasteiger partial charge is 0.465 e. The lowest BCUT2D eigenvalue weighted by Gasteiger charge is -2.37. The Balaban J connectivity index is 2.10. The number of fused-ring (bicyclic) bond motifs is 2. The van der Waals surface area contributed by atoms with Gasteiger partial charge in [-0.05, 0) is 26.7 Å². The predicted octanol–water partition coefficient (Wildman–Crippen LogP) is 1.17. The van der Waals surface area contributed by atoms with E-state index in [0.717, 1.165) is 12.8 Å². The van der Waals surface area contributed by atoms with Crippen molar-refractivity contribution < 1.29 is 14.3 Å². The molecule has 0 aromatic rings. The highest BCUT2D eigenvalue weighted by Gasteiger charge is 2.52. The predicted molar refractivity (Wildman–Crippen MR) is 76.1 cm³/mol. The highest BCUT2D eigenvalue weighted by atomic mass is 16.5. The quantitative estimate of drug-likeness (QED) is 0.769. The Labute approximate surface area is 121 Å². The molecule has 1 amide bonds. The zero-order chi connectivity index (χ0) is 14.9. The Morgan fingerprint density at radius 1 is 1.30 bits per heavy atom. The summed E-state index contributed by atoms with van der Waals surface area (Å²) in [6.07, 6.45) is 1.92. The van der Waals surface area contributed by atoms with Crippen molar-refractivity contribution in [3.8, 4) is 0 Å². The first-order valence-corrected chi connectivity index (χ1v) is 7.72. The van der Waals surface area contributed by atoms with Gasteiger partial charge in [0.2, 0.25) is 5.91 Å². The van der Waals surface area contributed by atoms with Crippen LogP contribution in [0.5, 0.6) is 0 Å². The van der Waals surface area contributed by atoms with Gasteiger partial charge in [0, 0.05) is 30.5 Å². The molecule has 1 saturated heterocycles. The second-order valence-electron chi connectivity index (χ2n) is 6.07. The van der Waals surface area contributed by atoms with E-state index in [1.165, 1.54) is 0 Å². The molecule has 1 saturated carbocycles. The maximum absolute atomic E-state index is 12.3. The second kappa shape index (κ2) is 6.12. The van der Waals surface area contributed by atoms with Crippen LogP contribution >= 0.6 is 0 Å². The number of nitrogens with zero attached hydrogens (tertiary/aromatic N) is 1. The number of amides is 1. The molecule has 2 bridgehead atoms. The second-order valence-corrected chi connectivity index (χ2v) is 6.07. The van der Waals surface area contributed by atoms with Crippen LogP contribution in [0, 0.1) is 11.8 Å². The molecule has 1 aliphatic heterocycles. The normalized spacial score (nSPS) is 31.6. The minimum Gasteiger partial charge on any atom is -0.465 e. The molecule has 2 rings (SSSR count). The number of carbonyl (C=O) groups excluding carboxylic acids is 2. The first kappa shape index (κ1) is 15.3. The van der Waals surface area contributed by atoms with Crippen molar-refractivity contribution >= 4 is 11.9 Å². The van der Waals surface area contributed by atoms with Crippen molar-refractivity contribution in [1.82, 2.24) is 10.2 Å². The third-order valence-corrected chi connectivity index (χ3v) is 4.48. The van der Waals surface area contributed by atoms with Crippen LogP contribution in [0.1, 0.15) is 40.5 Å². The lowest BCUT2D eigenvalue weighted by atomic mass is 9.92. The zero-order valence-corrected chi connectivity index (χ0v) is 12.9. The van der Waals surface area contributed by atoms with Crippen LogP contribution in [0.2, 0.25) is 0 Å². The molecule has 0 spiro atoms. The summed E-state index contributed by atoms with van der Waals surface area (Å²) in [4.78, 5) is 26.3. The SMILES string of the molecule is CCOC(=O)[C@H]1N[C@@H]2C[C@@H]1[C@H](N(CC)C(=O)C(C)C)C2. The number of nitrogens with one attached hydrogen (secondary N) is 1. The molecule has 2 fully saturated rings. The van der Waals surface area contributed by atoms with E-state index in [0.29, 0.717) is 19.2 Å². The van der Waals surface area contributed by atoms with E-state index in [1.54, 1.807) is 0 Å². The van der Waals surface area contributed by atoms with E-state index in [1.807, 2.05) is 32.6 Å². The molecule has 114 valence electrons. The monoisotopic (exact) mass is 282 g/mol. The Hall–Kier alpha value is -1.10. The lowest BCUT2D eigenvalue weighted by molar-refractivity contribution is -0.149. The maximum atomic E-state index is 12.3. The van der Waals surface area contributed by atoms with Crippen molar-refractivity contribution in [3.05, 3.63) is 0 Å². The Morgan fingerprint density at radius 3 is 2.50 bits per heavy atom. The maximum Gasteiger partial charge on any atom is 0.323 e. The average Bonchev–Trinajstić information content (AvgIpc) is 2.99. The van der Waals surface area contributed by atoms with Crippen LogP contribution in [0.3, 0.4) is 0 Å². The first-order chi connectivity index (χ1) is 9.49. The van der Waals surface area contributed by atoms with Crippen molar-refractivity contribution in [2.24, 2.45) is 11.8 Å². The standard InChI is InChI=1S/C15H26N2O3/c1-5-17(14(18)9(3)4)12-8-10-7-11(12)13(16-10)15(19)20-6-2/h9-13,16H,5-8H2,1-4H3/t10-,11-,12-,13+/m1/s1. The third kappa shape index (κ3) is 2.68. The van der Waals surface area contributed by atoms with Gasteiger partial charge >= 0.3 is 5.97 Å². The minimum atomic E-state index is -0.243. The van der Waals surface area contributed by atoms with E-state index in [2.05, 4.69) is 5.32 Å². The number of piperidine rings is 1.